The largest absolute Gasteiger partial charge is 0.491 e. The van der Waals surface area contributed by atoms with Gasteiger partial charge >= 0.3 is 5.97 Å². The summed E-state index contributed by atoms with van der Waals surface area (Å²) in [5.74, 6) is -0.425. The molecule has 1 aliphatic heterocycles. The van der Waals surface area contributed by atoms with E-state index in [-0.39, 0.29) is 12.0 Å². The summed E-state index contributed by atoms with van der Waals surface area (Å²) in [4.78, 5) is 25.3. The molecule has 0 radical (unpaired) electrons. The zero-order valence-electron chi connectivity index (χ0n) is 13.1. The van der Waals surface area contributed by atoms with Crippen molar-refractivity contribution in [1.29, 1.82) is 0 Å². The van der Waals surface area contributed by atoms with Crippen molar-refractivity contribution in [1.82, 2.24) is 4.90 Å². The Balaban J connectivity index is 2.09. The van der Waals surface area contributed by atoms with E-state index < -0.39 is 12.0 Å². The van der Waals surface area contributed by atoms with Crippen molar-refractivity contribution < 1.29 is 19.4 Å². The van der Waals surface area contributed by atoms with Crippen LogP contribution in [0.5, 0.6) is 5.75 Å². The third kappa shape index (κ3) is 3.78. The van der Waals surface area contributed by atoms with Crippen molar-refractivity contribution >= 4 is 11.9 Å². The molecule has 0 saturated carbocycles. The van der Waals surface area contributed by atoms with Gasteiger partial charge in [-0.1, -0.05) is 6.92 Å². The Hall–Kier alpha value is -2.04. The van der Waals surface area contributed by atoms with Gasteiger partial charge in [-0.25, -0.2) is 4.79 Å². The van der Waals surface area contributed by atoms with E-state index in [0.29, 0.717) is 18.5 Å². The molecule has 1 aliphatic rings. The number of carboxylic acid groups (broad SMARTS) is 1. The minimum absolute atomic E-state index is 0.125. The number of rotatable bonds is 5. The molecule has 5 heteroatoms. The lowest BCUT2D eigenvalue weighted by Crippen LogP contribution is -2.47. The lowest BCUT2D eigenvalue weighted by Gasteiger charge is -2.33. The number of aliphatic carboxylic acids is 1. The van der Waals surface area contributed by atoms with Crippen molar-refractivity contribution in [3.8, 4) is 5.75 Å². The van der Waals surface area contributed by atoms with Crippen LogP contribution in [0, 0.1) is 0 Å². The van der Waals surface area contributed by atoms with Gasteiger partial charge in [0.2, 0.25) is 0 Å². The smallest absolute Gasteiger partial charge is 0.326 e. The molecule has 0 spiro atoms. The van der Waals surface area contributed by atoms with Gasteiger partial charge in [0, 0.05) is 12.1 Å². The van der Waals surface area contributed by atoms with Crippen LogP contribution < -0.4 is 4.74 Å². The van der Waals surface area contributed by atoms with Gasteiger partial charge in [0.25, 0.3) is 5.91 Å². The van der Waals surface area contributed by atoms with Crippen LogP contribution in [0.25, 0.3) is 0 Å². The van der Waals surface area contributed by atoms with Crippen molar-refractivity contribution in [2.45, 2.75) is 51.7 Å². The summed E-state index contributed by atoms with van der Waals surface area (Å²) in [5.41, 5.74) is 0.504. The lowest BCUT2D eigenvalue weighted by molar-refractivity contribution is -0.143. The number of amides is 1. The minimum Gasteiger partial charge on any atom is -0.491 e. The van der Waals surface area contributed by atoms with Crippen LogP contribution in [0.3, 0.4) is 0 Å². The average molecular weight is 305 g/mol. The third-order valence-electron chi connectivity index (χ3n) is 4.06. The fraction of sp³-hybridized carbons (Fsp3) is 0.529. The van der Waals surface area contributed by atoms with Crippen LogP contribution in [0.1, 0.15) is 49.9 Å². The van der Waals surface area contributed by atoms with E-state index in [2.05, 4.69) is 0 Å². The molecule has 1 aromatic rings. The Morgan fingerprint density at radius 1 is 1.32 bits per heavy atom. The van der Waals surface area contributed by atoms with E-state index in [0.717, 1.165) is 25.0 Å². The Labute approximate surface area is 130 Å². The van der Waals surface area contributed by atoms with Crippen molar-refractivity contribution in [3.63, 3.8) is 0 Å². The molecule has 120 valence electrons. The molecule has 0 aromatic heterocycles. The number of carbonyl (C=O) groups is 2. The molecular weight excluding hydrogens is 282 g/mol. The van der Waals surface area contributed by atoms with Gasteiger partial charge in [-0.3, -0.25) is 4.79 Å². The van der Waals surface area contributed by atoms with Gasteiger partial charge in [-0.2, -0.15) is 0 Å². The number of carbonyl (C=O) groups excluding carboxylic acids is 1. The highest BCUT2D eigenvalue weighted by atomic mass is 16.5. The van der Waals surface area contributed by atoms with E-state index in [4.69, 9.17) is 4.74 Å². The summed E-state index contributed by atoms with van der Waals surface area (Å²) < 4.78 is 5.68. The molecular formula is C17H23NO4. The Bertz CT molecular complexity index is 526. The molecule has 5 nitrogen and oxygen atoms in total. The normalized spacial score (nSPS) is 19.5. The van der Waals surface area contributed by atoms with Gasteiger partial charge in [0.15, 0.2) is 0 Å². The van der Waals surface area contributed by atoms with Gasteiger partial charge in [-0.05, 0) is 56.9 Å². The molecule has 22 heavy (non-hydrogen) atoms. The fourth-order valence-electron chi connectivity index (χ4n) is 2.59. The highest BCUT2D eigenvalue weighted by molar-refractivity contribution is 5.96. The molecule has 2 unspecified atom stereocenters. The molecule has 0 bridgehead atoms. The predicted octanol–water partition coefficient (Wildman–Crippen LogP) is 2.94. The molecule has 2 rings (SSSR count). The first-order valence-electron chi connectivity index (χ1n) is 7.83. The van der Waals surface area contributed by atoms with Gasteiger partial charge in [-0.15, -0.1) is 0 Å². The molecule has 0 aliphatic carbocycles. The Morgan fingerprint density at radius 2 is 2.00 bits per heavy atom. The maximum Gasteiger partial charge on any atom is 0.326 e. The quantitative estimate of drug-likeness (QED) is 0.908. The third-order valence-corrected chi connectivity index (χ3v) is 4.06. The van der Waals surface area contributed by atoms with E-state index in [1.54, 1.807) is 24.3 Å². The number of likely N-dealkylation sites (tertiary alicyclic amines) is 1. The fourth-order valence-corrected chi connectivity index (χ4v) is 2.59. The first-order valence-corrected chi connectivity index (χ1v) is 7.83. The van der Waals surface area contributed by atoms with Crippen LogP contribution in [-0.4, -0.2) is 40.6 Å². The van der Waals surface area contributed by atoms with Crippen molar-refractivity contribution in [3.05, 3.63) is 29.8 Å². The topological polar surface area (TPSA) is 66.8 Å². The zero-order chi connectivity index (χ0) is 16.1. The highest BCUT2D eigenvalue weighted by Crippen LogP contribution is 2.21. The second-order valence-electron chi connectivity index (χ2n) is 5.71. The van der Waals surface area contributed by atoms with Gasteiger partial charge in [0.05, 0.1) is 6.10 Å². The summed E-state index contributed by atoms with van der Waals surface area (Å²) in [6.07, 6.45) is 3.26. The Morgan fingerprint density at radius 3 is 2.59 bits per heavy atom. The maximum absolute atomic E-state index is 12.5. The van der Waals surface area contributed by atoms with Crippen LogP contribution in [0.15, 0.2) is 24.3 Å². The summed E-state index contributed by atoms with van der Waals surface area (Å²) in [6, 6.07) is 6.22. The van der Waals surface area contributed by atoms with Crippen molar-refractivity contribution in [2.24, 2.45) is 0 Å². The summed E-state index contributed by atoms with van der Waals surface area (Å²) in [6.45, 7) is 4.54. The monoisotopic (exact) mass is 305 g/mol. The summed E-state index contributed by atoms with van der Waals surface area (Å²) >= 11 is 0. The number of hydrogen-bond donors (Lipinski definition) is 1. The first-order chi connectivity index (χ1) is 10.5. The second-order valence-corrected chi connectivity index (χ2v) is 5.71. The molecule has 1 amide bonds. The number of carboxylic acids is 1. The van der Waals surface area contributed by atoms with Gasteiger partial charge in [0.1, 0.15) is 11.8 Å². The van der Waals surface area contributed by atoms with Crippen LogP contribution in [0.2, 0.25) is 0 Å². The maximum atomic E-state index is 12.5. The van der Waals surface area contributed by atoms with E-state index in [9.17, 15) is 14.7 Å². The van der Waals surface area contributed by atoms with E-state index >= 15 is 0 Å². The predicted molar refractivity (Wildman–Crippen MR) is 83.1 cm³/mol. The molecule has 1 N–H and O–H groups in total. The molecule has 1 aromatic carbocycles. The molecule has 1 saturated heterocycles. The molecule has 1 fully saturated rings. The highest BCUT2D eigenvalue weighted by Gasteiger charge is 2.32. The summed E-state index contributed by atoms with van der Waals surface area (Å²) in [5, 5.41) is 9.26. The minimum atomic E-state index is -0.926. The van der Waals surface area contributed by atoms with Crippen LogP contribution in [0.4, 0.5) is 0 Å². The first kappa shape index (κ1) is 16.3. The van der Waals surface area contributed by atoms with Crippen LogP contribution in [-0.2, 0) is 4.79 Å². The molecule has 1 heterocycles. The van der Waals surface area contributed by atoms with E-state index in [1.807, 2.05) is 13.8 Å². The number of ether oxygens (including phenoxy) is 1. The summed E-state index contributed by atoms with van der Waals surface area (Å²) in [7, 11) is 0. The number of piperidine rings is 1. The second kappa shape index (κ2) is 7.29. The van der Waals surface area contributed by atoms with E-state index in [1.165, 1.54) is 4.90 Å². The Kier molecular flexibility index (Phi) is 5.41. The number of benzene rings is 1. The average Bonchev–Trinajstić information content (AvgIpc) is 2.54. The lowest BCUT2D eigenvalue weighted by atomic mass is 10.0. The van der Waals surface area contributed by atoms with Crippen molar-refractivity contribution in [2.75, 3.05) is 6.54 Å². The molecule has 2 atom stereocenters. The standard InChI is InChI=1S/C17H23NO4/c1-3-12(2)22-14-9-7-13(8-10-14)16(19)18-11-5-4-6-15(18)17(20)21/h7-10,12,15H,3-6,11H2,1-2H3,(H,20,21). The number of nitrogens with zero attached hydrogens (tertiary/aromatic N) is 1. The SMILES string of the molecule is CCC(C)Oc1ccc(C(=O)N2CCCCC2C(=O)O)cc1. The zero-order valence-corrected chi connectivity index (χ0v) is 13.1. The van der Waals surface area contributed by atoms with Gasteiger partial charge < -0.3 is 14.7 Å². The number of hydrogen-bond acceptors (Lipinski definition) is 3. The van der Waals surface area contributed by atoms with Crippen LogP contribution >= 0.6 is 0 Å².